The second-order valence-electron chi connectivity index (χ2n) is 6.97. The third-order valence-electron chi connectivity index (χ3n) is 5.00. The smallest absolute Gasteiger partial charge is 0.263 e. The van der Waals surface area contributed by atoms with Crippen molar-refractivity contribution in [1.82, 2.24) is 9.88 Å². The van der Waals surface area contributed by atoms with E-state index in [1.165, 1.54) is 11.3 Å². The number of sulfonamides is 1. The molecule has 0 saturated carbocycles. The normalized spacial score (nSPS) is 14.5. The van der Waals surface area contributed by atoms with E-state index in [9.17, 15) is 13.2 Å². The van der Waals surface area contributed by atoms with E-state index in [1.54, 1.807) is 35.8 Å². The molecule has 0 atom stereocenters. The molecule has 1 aliphatic rings. The molecule has 156 valence electrons. The summed E-state index contributed by atoms with van der Waals surface area (Å²) in [5.41, 5.74) is 1.96. The van der Waals surface area contributed by atoms with Crippen molar-refractivity contribution in [1.29, 1.82) is 0 Å². The van der Waals surface area contributed by atoms with Gasteiger partial charge in [-0.15, -0.1) is 11.3 Å². The van der Waals surface area contributed by atoms with Crippen molar-refractivity contribution >= 4 is 38.1 Å². The monoisotopic (exact) mass is 442 g/mol. The highest BCUT2D eigenvalue weighted by Gasteiger charge is 2.22. The lowest BCUT2D eigenvalue weighted by Gasteiger charge is -2.36. The Bertz CT molecular complexity index is 1080. The van der Waals surface area contributed by atoms with Gasteiger partial charge in [0.15, 0.2) is 5.13 Å². The lowest BCUT2D eigenvalue weighted by molar-refractivity contribution is -0.130. The molecule has 0 aliphatic carbocycles. The van der Waals surface area contributed by atoms with Gasteiger partial charge in [-0.05, 0) is 29.8 Å². The first-order chi connectivity index (χ1) is 14.5. The van der Waals surface area contributed by atoms with Gasteiger partial charge in [-0.2, -0.15) is 0 Å². The van der Waals surface area contributed by atoms with Gasteiger partial charge in [0.1, 0.15) is 0 Å². The van der Waals surface area contributed by atoms with Gasteiger partial charge in [0.05, 0.1) is 11.3 Å². The maximum absolute atomic E-state index is 12.5. The number of thiazole rings is 1. The maximum Gasteiger partial charge on any atom is 0.263 e. The van der Waals surface area contributed by atoms with Crippen LogP contribution in [0.1, 0.15) is 5.56 Å². The van der Waals surface area contributed by atoms with Crippen LogP contribution in [0.5, 0.6) is 0 Å². The van der Waals surface area contributed by atoms with Crippen LogP contribution in [-0.4, -0.2) is 50.4 Å². The number of carbonyl (C=O) groups is 1. The first-order valence-corrected chi connectivity index (χ1v) is 12.0. The van der Waals surface area contributed by atoms with Crippen LogP contribution in [0.4, 0.5) is 10.8 Å². The molecule has 7 nitrogen and oxygen atoms in total. The number of aromatic nitrogens is 1. The van der Waals surface area contributed by atoms with Crippen LogP contribution in [-0.2, 0) is 21.2 Å². The van der Waals surface area contributed by atoms with Crippen LogP contribution in [0, 0.1) is 0 Å². The number of piperazine rings is 1. The van der Waals surface area contributed by atoms with E-state index in [2.05, 4.69) is 14.6 Å². The fraction of sp³-hybridized carbons (Fsp3) is 0.238. The molecular weight excluding hydrogens is 420 g/mol. The van der Waals surface area contributed by atoms with Gasteiger partial charge in [-0.1, -0.05) is 30.3 Å². The SMILES string of the molecule is O=C(Cc1ccccc1)N1CCN(c2ccc(S(=O)(=O)Nc3nccs3)cc2)CC1. The standard InChI is InChI=1S/C21H22N4O3S2/c26-20(16-17-4-2-1-3-5-17)25-13-11-24(12-14-25)18-6-8-19(9-7-18)30(27,28)23-21-22-10-15-29-21/h1-10,15H,11-14,16H2,(H,22,23). The molecular formula is C21H22N4O3S2. The number of anilines is 2. The number of nitrogens with one attached hydrogen (secondary N) is 1. The summed E-state index contributed by atoms with van der Waals surface area (Å²) in [6, 6.07) is 16.6. The predicted molar refractivity (Wildman–Crippen MR) is 118 cm³/mol. The summed E-state index contributed by atoms with van der Waals surface area (Å²) in [6.45, 7) is 2.72. The fourth-order valence-corrected chi connectivity index (χ4v) is 5.17. The van der Waals surface area contributed by atoms with Crippen LogP contribution in [0.25, 0.3) is 0 Å². The highest BCUT2D eigenvalue weighted by molar-refractivity contribution is 7.93. The lowest BCUT2D eigenvalue weighted by atomic mass is 10.1. The van der Waals surface area contributed by atoms with Crippen molar-refractivity contribution < 1.29 is 13.2 Å². The van der Waals surface area contributed by atoms with Crippen molar-refractivity contribution in [2.45, 2.75) is 11.3 Å². The van der Waals surface area contributed by atoms with Gasteiger partial charge in [-0.25, -0.2) is 13.4 Å². The van der Waals surface area contributed by atoms with Gasteiger partial charge < -0.3 is 9.80 Å². The average Bonchev–Trinajstić information content (AvgIpc) is 3.27. The van der Waals surface area contributed by atoms with E-state index in [0.29, 0.717) is 37.7 Å². The Labute approximate surface area is 180 Å². The van der Waals surface area contributed by atoms with Crippen LogP contribution in [0.2, 0.25) is 0 Å². The van der Waals surface area contributed by atoms with E-state index in [0.717, 1.165) is 11.3 Å². The Hall–Kier alpha value is -2.91. The minimum atomic E-state index is -3.65. The Morgan fingerprint density at radius 1 is 1.00 bits per heavy atom. The number of amides is 1. The zero-order valence-corrected chi connectivity index (χ0v) is 17.9. The van der Waals surface area contributed by atoms with Crippen LogP contribution >= 0.6 is 11.3 Å². The lowest BCUT2D eigenvalue weighted by Crippen LogP contribution is -2.49. The Kier molecular flexibility index (Phi) is 6.01. The van der Waals surface area contributed by atoms with E-state index >= 15 is 0 Å². The average molecular weight is 443 g/mol. The molecule has 3 aromatic rings. The highest BCUT2D eigenvalue weighted by atomic mass is 32.2. The third kappa shape index (κ3) is 4.80. The van der Waals surface area contributed by atoms with Crippen molar-refractivity contribution in [3.8, 4) is 0 Å². The van der Waals surface area contributed by atoms with Gasteiger partial charge >= 0.3 is 0 Å². The molecule has 0 unspecified atom stereocenters. The molecule has 1 aliphatic heterocycles. The molecule has 1 aromatic heterocycles. The topological polar surface area (TPSA) is 82.6 Å². The zero-order chi connectivity index (χ0) is 21.0. The number of hydrogen-bond acceptors (Lipinski definition) is 6. The molecule has 1 fully saturated rings. The largest absolute Gasteiger partial charge is 0.368 e. The molecule has 2 heterocycles. The number of carbonyl (C=O) groups excluding carboxylic acids is 1. The molecule has 9 heteroatoms. The number of nitrogens with zero attached hydrogens (tertiary/aromatic N) is 3. The predicted octanol–water partition coefficient (Wildman–Crippen LogP) is 2.84. The third-order valence-corrected chi connectivity index (χ3v) is 7.17. The van der Waals surface area contributed by atoms with Crippen LogP contribution < -0.4 is 9.62 Å². The van der Waals surface area contributed by atoms with Gasteiger partial charge in [-0.3, -0.25) is 9.52 Å². The summed E-state index contributed by atoms with van der Waals surface area (Å²) >= 11 is 1.23. The Morgan fingerprint density at radius 3 is 2.33 bits per heavy atom. The minimum Gasteiger partial charge on any atom is -0.368 e. The molecule has 0 radical (unpaired) electrons. The molecule has 0 spiro atoms. The molecule has 4 rings (SSSR count). The van der Waals surface area contributed by atoms with E-state index in [1.807, 2.05) is 35.2 Å². The Morgan fingerprint density at radius 2 is 1.70 bits per heavy atom. The highest BCUT2D eigenvalue weighted by Crippen LogP contribution is 2.22. The molecule has 1 saturated heterocycles. The number of benzene rings is 2. The first kappa shape index (κ1) is 20.4. The molecule has 1 N–H and O–H groups in total. The van der Waals surface area contributed by atoms with Crippen molar-refractivity contribution in [2.24, 2.45) is 0 Å². The molecule has 0 bridgehead atoms. The summed E-state index contributed by atoms with van der Waals surface area (Å²) in [5.74, 6) is 0.135. The number of rotatable bonds is 6. The second-order valence-corrected chi connectivity index (χ2v) is 9.54. The van der Waals surface area contributed by atoms with Gasteiger partial charge in [0.25, 0.3) is 10.0 Å². The van der Waals surface area contributed by atoms with Crippen LogP contribution in [0.3, 0.4) is 0 Å². The summed E-state index contributed by atoms with van der Waals surface area (Å²) in [6.07, 6.45) is 1.97. The maximum atomic E-state index is 12.5. The van der Waals surface area contributed by atoms with Crippen molar-refractivity contribution in [2.75, 3.05) is 35.8 Å². The van der Waals surface area contributed by atoms with Crippen LogP contribution in [0.15, 0.2) is 71.1 Å². The molecule has 1 amide bonds. The number of hydrogen-bond donors (Lipinski definition) is 1. The first-order valence-electron chi connectivity index (χ1n) is 9.60. The van der Waals surface area contributed by atoms with Crippen molar-refractivity contribution in [3.05, 3.63) is 71.7 Å². The van der Waals surface area contributed by atoms with E-state index < -0.39 is 10.0 Å². The summed E-state index contributed by atoms with van der Waals surface area (Å²) in [7, 11) is -3.65. The second kappa shape index (κ2) is 8.85. The summed E-state index contributed by atoms with van der Waals surface area (Å²) in [5, 5.41) is 2.06. The molecule has 2 aromatic carbocycles. The van der Waals surface area contributed by atoms with Gasteiger partial charge in [0, 0.05) is 43.4 Å². The minimum absolute atomic E-state index is 0.135. The zero-order valence-electron chi connectivity index (χ0n) is 16.3. The quantitative estimate of drug-likeness (QED) is 0.635. The van der Waals surface area contributed by atoms with E-state index in [4.69, 9.17) is 0 Å². The summed E-state index contributed by atoms with van der Waals surface area (Å²) < 4.78 is 27.4. The molecule has 30 heavy (non-hydrogen) atoms. The van der Waals surface area contributed by atoms with Gasteiger partial charge in [0.2, 0.25) is 5.91 Å². The fourth-order valence-electron chi connectivity index (χ4n) is 3.38. The summed E-state index contributed by atoms with van der Waals surface area (Å²) in [4.78, 5) is 20.7. The van der Waals surface area contributed by atoms with E-state index in [-0.39, 0.29) is 10.8 Å². The Balaban J connectivity index is 1.34. The van der Waals surface area contributed by atoms with Crippen molar-refractivity contribution in [3.63, 3.8) is 0 Å².